The van der Waals surface area contributed by atoms with Crippen LogP contribution in [-0.2, 0) is 5.60 Å². The van der Waals surface area contributed by atoms with E-state index in [9.17, 15) is 9.90 Å². The standard InChI is InChI=1S/C14H21NO4/c1-10(2)15-8-3-6-14(18,7-9-15)12-5-4-11(19-12)13(16)17/h4-5,10,18H,3,6-9H2,1-2H3,(H,16,17). The predicted molar refractivity (Wildman–Crippen MR) is 70.1 cm³/mol. The summed E-state index contributed by atoms with van der Waals surface area (Å²) in [6, 6.07) is 3.43. The van der Waals surface area contributed by atoms with Gasteiger partial charge in [0.15, 0.2) is 0 Å². The summed E-state index contributed by atoms with van der Waals surface area (Å²) >= 11 is 0. The van der Waals surface area contributed by atoms with Gasteiger partial charge in [0.25, 0.3) is 0 Å². The molecule has 19 heavy (non-hydrogen) atoms. The van der Waals surface area contributed by atoms with E-state index in [-0.39, 0.29) is 5.76 Å². The fourth-order valence-electron chi connectivity index (χ4n) is 2.61. The zero-order valence-corrected chi connectivity index (χ0v) is 11.4. The van der Waals surface area contributed by atoms with Gasteiger partial charge in [0.1, 0.15) is 11.4 Å². The quantitative estimate of drug-likeness (QED) is 0.877. The lowest BCUT2D eigenvalue weighted by Crippen LogP contribution is -2.33. The Hall–Kier alpha value is -1.33. The summed E-state index contributed by atoms with van der Waals surface area (Å²) in [4.78, 5) is 13.1. The van der Waals surface area contributed by atoms with Gasteiger partial charge in [-0.1, -0.05) is 0 Å². The Balaban J connectivity index is 2.15. The van der Waals surface area contributed by atoms with E-state index in [1.165, 1.54) is 6.07 Å². The fourth-order valence-corrected chi connectivity index (χ4v) is 2.61. The lowest BCUT2D eigenvalue weighted by Gasteiger charge is -2.26. The Morgan fingerprint density at radius 1 is 1.37 bits per heavy atom. The molecule has 1 aromatic rings. The van der Waals surface area contributed by atoms with Crippen LogP contribution in [0.25, 0.3) is 0 Å². The molecule has 0 aromatic carbocycles. The van der Waals surface area contributed by atoms with E-state index in [1.54, 1.807) is 6.07 Å². The van der Waals surface area contributed by atoms with Crippen LogP contribution >= 0.6 is 0 Å². The van der Waals surface area contributed by atoms with Crippen LogP contribution in [0.5, 0.6) is 0 Å². The molecule has 0 aliphatic carbocycles. The minimum Gasteiger partial charge on any atom is -0.475 e. The minimum absolute atomic E-state index is 0.117. The van der Waals surface area contributed by atoms with Crippen molar-refractivity contribution in [2.45, 2.75) is 44.8 Å². The average Bonchev–Trinajstić information content (AvgIpc) is 2.75. The third-order valence-corrected chi connectivity index (χ3v) is 3.85. The van der Waals surface area contributed by atoms with Crippen molar-refractivity contribution in [3.05, 3.63) is 23.7 Å². The molecule has 2 rings (SSSR count). The second kappa shape index (κ2) is 5.35. The number of hydrogen-bond donors (Lipinski definition) is 2. The third-order valence-electron chi connectivity index (χ3n) is 3.85. The molecule has 1 aliphatic heterocycles. The Morgan fingerprint density at radius 3 is 2.68 bits per heavy atom. The van der Waals surface area contributed by atoms with Crippen molar-refractivity contribution in [2.24, 2.45) is 0 Å². The van der Waals surface area contributed by atoms with Gasteiger partial charge >= 0.3 is 5.97 Å². The van der Waals surface area contributed by atoms with Crippen molar-refractivity contribution in [2.75, 3.05) is 13.1 Å². The number of furan rings is 1. The second-order valence-corrected chi connectivity index (χ2v) is 5.48. The molecule has 0 bridgehead atoms. The van der Waals surface area contributed by atoms with E-state index in [1.807, 2.05) is 0 Å². The fraction of sp³-hybridized carbons (Fsp3) is 0.643. The van der Waals surface area contributed by atoms with Gasteiger partial charge in [-0.25, -0.2) is 4.79 Å². The topological polar surface area (TPSA) is 73.9 Å². The highest BCUT2D eigenvalue weighted by Crippen LogP contribution is 2.34. The van der Waals surface area contributed by atoms with E-state index >= 15 is 0 Å². The van der Waals surface area contributed by atoms with Crippen LogP contribution in [0.2, 0.25) is 0 Å². The van der Waals surface area contributed by atoms with Crippen molar-refractivity contribution in [3.8, 4) is 0 Å². The molecule has 0 spiro atoms. The molecule has 0 saturated carbocycles. The summed E-state index contributed by atoms with van der Waals surface area (Å²) in [5, 5.41) is 19.6. The van der Waals surface area contributed by atoms with Gasteiger partial charge in [-0.15, -0.1) is 0 Å². The molecule has 0 radical (unpaired) electrons. The first-order valence-electron chi connectivity index (χ1n) is 6.72. The molecule has 5 nitrogen and oxygen atoms in total. The Labute approximate surface area is 112 Å². The molecule has 0 amide bonds. The van der Waals surface area contributed by atoms with Gasteiger partial charge in [0, 0.05) is 12.6 Å². The lowest BCUT2D eigenvalue weighted by atomic mass is 9.92. The number of aliphatic hydroxyl groups is 1. The van der Waals surface area contributed by atoms with Gasteiger partial charge in [0.2, 0.25) is 5.76 Å². The van der Waals surface area contributed by atoms with E-state index in [4.69, 9.17) is 9.52 Å². The molecule has 1 fully saturated rings. The Bertz CT molecular complexity index is 454. The Kier molecular flexibility index (Phi) is 3.96. The summed E-state index contributed by atoms with van der Waals surface area (Å²) in [7, 11) is 0. The van der Waals surface area contributed by atoms with Crippen LogP contribution in [-0.4, -0.2) is 40.2 Å². The van der Waals surface area contributed by atoms with Crippen LogP contribution in [0, 0.1) is 0 Å². The summed E-state index contributed by atoms with van der Waals surface area (Å²) in [6.45, 7) is 6.02. The number of nitrogens with zero attached hydrogens (tertiary/aromatic N) is 1. The summed E-state index contributed by atoms with van der Waals surface area (Å²) in [6.07, 6.45) is 2.04. The molecule has 1 unspecified atom stereocenters. The number of hydrogen-bond acceptors (Lipinski definition) is 4. The largest absolute Gasteiger partial charge is 0.475 e. The maximum atomic E-state index is 10.8. The van der Waals surface area contributed by atoms with Gasteiger partial charge in [-0.05, 0) is 51.8 Å². The van der Waals surface area contributed by atoms with Gasteiger partial charge in [-0.3, -0.25) is 0 Å². The van der Waals surface area contributed by atoms with Crippen LogP contribution < -0.4 is 0 Å². The van der Waals surface area contributed by atoms with Crippen molar-refractivity contribution in [1.29, 1.82) is 0 Å². The van der Waals surface area contributed by atoms with E-state index in [0.29, 0.717) is 24.6 Å². The molecular formula is C14H21NO4. The summed E-state index contributed by atoms with van der Waals surface area (Å²) in [5.74, 6) is -0.851. The molecule has 106 valence electrons. The highest BCUT2D eigenvalue weighted by Gasteiger charge is 2.35. The highest BCUT2D eigenvalue weighted by atomic mass is 16.4. The summed E-state index contributed by atoms with van der Waals surface area (Å²) < 4.78 is 5.27. The van der Waals surface area contributed by atoms with Crippen molar-refractivity contribution in [1.82, 2.24) is 4.90 Å². The first-order chi connectivity index (χ1) is 8.92. The van der Waals surface area contributed by atoms with Crippen molar-refractivity contribution < 1.29 is 19.4 Å². The maximum absolute atomic E-state index is 10.8. The molecule has 1 aliphatic rings. The number of carbonyl (C=O) groups is 1. The average molecular weight is 267 g/mol. The number of rotatable bonds is 3. The zero-order valence-electron chi connectivity index (χ0n) is 11.4. The van der Waals surface area contributed by atoms with E-state index in [2.05, 4.69) is 18.7 Å². The van der Waals surface area contributed by atoms with Crippen molar-refractivity contribution >= 4 is 5.97 Å². The number of carboxylic acids is 1. The van der Waals surface area contributed by atoms with Crippen LogP contribution in [0.15, 0.2) is 16.5 Å². The third kappa shape index (κ3) is 2.98. The van der Waals surface area contributed by atoms with Crippen LogP contribution in [0.3, 0.4) is 0 Å². The Morgan fingerprint density at radius 2 is 2.11 bits per heavy atom. The first-order valence-corrected chi connectivity index (χ1v) is 6.72. The first kappa shape index (κ1) is 14.1. The van der Waals surface area contributed by atoms with Crippen molar-refractivity contribution in [3.63, 3.8) is 0 Å². The van der Waals surface area contributed by atoms with Gasteiger partial charge < -0.3 is 19.5 Å². The molecule has 2 heterocycles. The van der Waals surface area contributed by atoms with Crippen LogP contribution in [0.1, 0.15) is 49.4 Å². The molecule has 5 heteroatoms. The smallest absolute Gasteiger partial charge is 0.371 e. The number of carboxylic acid groups (broad SMARTS) is 1. The number of aromatic carboxylic acids is 1. The second-order valence-electron chi connectivity index (χ2n) is 5.48. The van der Waals surface area contributed by atoms with Gasteiger partial charge in [0.05, 0.1) is 0 Å². The monoisotopic (exact) mass is 267 g/mol. The molecule has 1 aromatic heterocycles. The maximum Gasteiger partial charge on any atom is 0.371 e. The highest BCUT2D eigenvalue weighted by molar-refractivity contribution is 5.84. The molecular weight excluding hydrogens is 246 g/mol. The predicted octanol–water partition coefficient (Wildman–Crippen LogP) is 2.06. The minimum atomic E-state index is -1.10. The molecule has 1 saturated heterocycles. The normalized spacial score (nSPS) is 25.5. The van der Waals surface area contributed by atoms with E-state index < -0.39 is 11.6 Å². The van der Waals surface area contributed by atoms with Gasteiger partial charge in [-0.2, -0.15) is 0 Å². The molecule has 1 atom stereocenters. The van der Waals surface area contributed by atoms with E-state index in [0.717, 1.165) is 19.5 Å². The zero-order chi connectivity index (χ0) is 14.0. The number of likely N-dealkylation sites (tertiary alicyclic amines) is 1. The lowest BCUT2D eigenvalue weighted by molar-refractivity contribution is -0.00146. The molecule has 2 N–H and O–H groups in total. The summed E-state index contributed by atoms with van der Waals surface area (Å²) in [5.41, 5.74) is -1.04. The van der Waals surface area contributed by atoms with Crippen LogP contribution in [0.4, 0.5) is 0 Å². The SMILES string of the molecule is CC(C)N1CCCC(O)(c2ccc(C(=O)O)o2)CC1.